The lowest BCUT2D eigenvalue weighted by Crippen LogP contribution is -2.55. The van der Waals surface area contributed by atoms with Crippen LogP contribution in [0.15, 0.2) is 30.3 Å². The molecule has 5 atom stereocenters. The second kappa shape index (κ2) is 12.9. The van der Waals surface area contributed by atoms with E-state index in [1.807, 2.05) is 30.3 Å². The van der Waals surface area contributed by atoms with Crippen molar-refractivity contribution in [2.24, 2.45) is 5.92 Å². The number of aliphatic hydroxyl groups is 2. The van der Waals surface area contributed by atoms with Crippen LogP contribution in [0.5, 0.6) is 0 Å². The van der Waals surface area contributed by atoms with Gasteiger partial charge >= 0.3 is 12.1 Å². The number of esters is 1. The maximum Gasteiger partial charge on any atom is 0.507 e. The lowest BCUT2D eigenvalue weighted by atomic mass is 9.85. The van der Waals surface area contributed by atoms with Gasteiger partial charge < -0.3 is 29.7 Å². The van der Waals surface area contributed by atoms with E-state index in [2.05, 4.69) is 5.32 Å². The molecule has 4 N–H and O–H groups in total. The lowest BCUT2D eigenvalue weighted by molar-refractivity contribution is -0.157. The summed E-state index contributed by atoms with van der Waals surface area (Å²) in [5, 5.41) is 30.9. The molecule has 0 aromatic heterocycles. The van der Waals surface area contributed by atoms with Gasteiger partial charge in [0.25, 0.3) is 0 Å². The molecule has 3 rings (SSSR count). The van der Waals surface area contributed by atoms with Gasteiger partial charge in [0.1, 0.15) is 12.1 Å². The zero-order valence-corrected chi connectivity index (χ0v) is 20.0. The van der Waals surface area contributed by atoms with E-state index in [0.29, 0.717) is 19.3 Å². The number of aryl methyl sites for hydroxylation is 1. The third kappa shape index (κ3) is 7.16. The van der Waals surface area contributed by atoms with Crippen molar-refractivity contribution in [3.8, 4) is 0 Å². The normalized spacial score (nSPS) is 23.4. The van der Waals surface area contributed by atoms with Crippen molar-refractivity contribution in [3.63, 3.8) is 0 Å². The number of rotatable bonds is 11. The maximum absolute atomic E-state index is 13.5. The maximum atomic E-state index is 13.5. The van der Waals surface area contributed by atoms with Gasteiger partial charge in [0.2, 0.25) is 5.91 Å². The average Bonchev–Trinajstić information content (AvgIpc) is 3.21. The molecule has 10 nitrogen and oxygen atoms in total. The summed E-state index contributed by atoms with van der Waals surface area (Å²) in [4.78, 5) is 39.2. The van der Waals surface area contributed by atoms with Gasteiger partial charge in [-0.3, -0.25) is 14.9 Å². The van der Waals surface area contributed by atoms with Crippen LogP contribution in [0.1, 0.15) is 51.0 Å². The summed E-state index contributed by atoms with van der Waals surface area (Å²) in [7, 11) is 0. The molecule has 1 saturated carbocycles. The Morgan fingerprint density at radius 1 is 1.11 bits per heavy atom. The number of fused-ring (bicyclic) bond motifs is 1. The first kappa shape index (κ1) is 26.9. The van der Waals surface area contributed by atoms with E-state index in [9.17, 15) is 29.7 Å². The monoisotopic (exact) mass is 492 g/mol. The van der Waals surface area contributed by atoms with Crippen LogP contribution in [0.3, 0.4) is 0 Å². The van der Waals surface area contributed by atoms with Crippen molar-refractivity contribution in [1.29, 1.82) is 0 Å². The number of likely N-dealkylation sites (tertiary alicyclic amines) is 1. The third-order valence-corrected chi connectivity index (χ3v) is 6.89. The Bertz CT molecular complexity index is 847. The predicted octanol–water partition coefficient (Wildman–Crippen LogP) is 1.67. The molecule has 194 valence electrons. The fraction of sp³-hybridized carbons (Fsp3) is 0.640. The minimum absolute atomic E-state index is 0.0901. The Hall–Kier alpha value is -2.69. The predicted molar refractivity (Wildman–Crippen MR) is 125 cm³/mol. The summed E-state index contributed by atoms with van der Waals surface area (Å²) in [5.74, 6) is -0.814. The highest BCUT2D eigenvalue weighted by Gasteiger charge is 2.47. The summed E-state index contributed by atoms with van der Waals surface area (Å²) in [6, 6.07) is 7.77. The van der Waals surface area contributed by atoms with Gasteiger partial charge in [-0.05, 0) is 44.1 Å². The largest absolute Gasteiger partial charge is 0.507 e. The van der Waals surface area contributed by atoms with E-state index >= 15 is 0 Å². The number of benzene rings is 1. The van der Waals surface area contributed by atoms with E-state index in [1.54, 1.807) is 11.8 Å². The molecular formula is C25H36N2O8. The van der Waals surface area contributed by atoms with Crippen LogP contribution in [-0.4, -0.2) is 81.9 Å². The van der Waals surface area contributed by atoms with E-state index in [0.717, 1.165) is 31.2 Å². The molecule has 0 unspecified atom stereocenters. The minimum atomic E-state index is -1.42. The highest BCUT2D eigenvalue weighted by atomic mass is 16.7. The number of aliphatic hydroxyl groups excluding tert-OH is 2. The Labute approximate surface area is 205 Å². The first-order chi connectivity index (χ1) is 16.8. The average molecular weight is 493 g/mol. The van der Waals surface area contributed by atoms with Gasteiger partial charge in [-0.1, -0.05) is 43.2 Å². The van der Waals surface area contributed by atoms with Crippen LogP contribution < -0.4 is 5.32 Å². The van der Waals surface area contributed by atoms with Gasteiger partial charge in [-0.15, -0.1) is 0 Å². The smallest absolute Gasteiger partial charge is 0.456 e. The minimum Gasteiger partial charge on any atom is -0.456 e. The molecule has 1 saturated heterocycles. The molecule has 0 radical (unpaired) electrons. The number of nitrogens with zero attached hydrogens (tertiary/aromatic N) is 1. The van der Waals surface area contributed by atoms with Gasteiger partial charge in [0.05, 0.1) is 19.3 Å². The molecule has 1 heterocycles. The van der Waals surface area contributed by atoms with Crippen molar-refractivity contribution in [3.05, 3.63) is 35.9 Å². The van der Waals surface area contributed by atoms with Crippen LogP contribution in [0.25, 0.3) is 0 Å². The van der Waals surface area contributed by atoms with E-state index in [4.69, 9.17) is 9.47 Å². The second-order valence-corrected chi connectivity index (χ2v) is 9.32. The van der Waals surface area contributed by atoms with Crippen molar-refractivity contribution >= 4 is 18.0 Å². The molecule has 2 aliphatic rings. The summed E-state index contributed by atoms with van der Waals surface area (Å²) in [6.45, 7) is 0.592. The first-order valence-corrected chi connectivity index (χ1v) is 12.3. The van der Waals surface area contributed by atoms with Crippen molar-refractivity contribution in [2.45, 2.75) is 82.3 Å². The van der Waals surface area contributed by atoms with Crippen molar-refractivity contribution in [1.82, 2.24) is 10.2 Å². The van der Waals surface area contributed by atoms with Gasteiger partial charge in [0.15, 0.2) is 6.23 Å². The van der Waals surface area contributed by atoms with Crippen molar-refractivity contribution in [2.75, 3.05) is 13.2 Å². The fourth-order valence-corrected chi connectivity index (χ4v) is 5.14. The summed E-state index contributed by atoms with van der Waals surface area (Å²) in [5.41, 5.74) is 1.01. The quantitative estimate of drug-likeness (QED) is 0.339. The summed E-state index contributed by atoms with van der Waals surface area (Å²) < 4.78 is 10.3. The van der Waals surface area contributed by atoms with E-state index in [1.165, 1.54) is 0 Å². The van der Waals surface area contributed by atoms with Gasteiger partial charge in [-0.25, -0.2) is 4.79 Å². The van der Waals surface area contributed by atoms with Crippen LogP contribution >= 0.6 is 0 Å². The number of carbonyl (C=O) groups is 3. The molecule has 35 heavy (non-hydrogen) atoms. The zero-order chi connectivity index (χ0) is 25.4. The van der Waals surface area contributed by atoms with Crippen molar-refractivity contribution < 1.29 is 39.2 Å². The second-order valence-electron chi connectivity index (χ2n) is 9.32. The number of amides is 1. The number of nitrogens with one attached hydrogen (secondary N) is 1. The Kier molecular flexibility index (Phi) is 9.88. The summed E-state index contributed by atoms with van der Waals surface area (Å²) >= 11 is 0. The molecule has 2 fully saturated rings. The number of ether oxygens (including phenoxy) is 2. The van der Waals surface area contributed by atoms with Crippen LogP contribution in [-0.2, 0) is 25.5 Å². The fourth-order valence-electron chi connectivity index (χ4n) is 5.14. The number of hydrogen-bond donors (Lipinski definition) is 4. The highest BCUT2D eigenvalue weighted by Crippen LogP contribution is 2.40. The molecule has 0 bridgehead atoms. The molecule has 1 aromatic rings. The molecular weight excluding hydrogens is 456 g/mol. The summed E-state index contributed by atoms with van der Waals surface area (Å²) in [6.07, 6.45) is 1.73. The topological polar surface area (TPSA) is 146 Å². The molecule has 10 heteroatoms. The number of carbonyl (C=O) groups excluding carboxylic acids is 2. The number of hydrogen-bond acceptors (Lipinski definition) is 8. The third-order valence-electron chi connectivity index (χ3n) is 6.89. The Balaban J connectivity index is 1.73. The SMILES string of the molecule is C[C@H](N[C@@H](CCc1ccccc1)C(=O)OC(CO)CO)C(=O)N1[C@@H](OC(=O)O)C[C@H]2CCCC[C@@H]21. The zero-order valence-electron chi connectivity index (χ0n) is 20.0. The van der Waals surface area contributed by atoms with Gasteiger partial charge in [-0.2, -0.15) is 0 Å². The van der Waals surface area contributed by atoms with Gasteiger partial charge in [0, 0.05) is 12.5 Å². The lowest BCUT2D eigenvalue weighted by Gasteiger charge is -2.35. The molecule has 1 aliphatic carbocycles. The Morgan fingerprint density at radius 3 is 2.46 bits per heavy atom. The number of carboxylic acid groups (broad SMARTS) is 1. The van der Waals surface area contributed by atoms with E-state index < -0.39 is 49.8 Å². The Morgan fingerprint density at radius 2 is 1.80 bits per heavy atom. The van der Waals surface area contributed by atoms with Crippen LogP contribution in [0.2, 0.25) is 0 Å². The standard InChI is InChI=1S/C25H36N2O8/c1-16(23(30)27-21-10-6-5-9-18(21)13-22(27)35-25(32)33)26-20(24(31)34-19(14-28)15-29)12-11-17-7-3-2-4-8-17/h2-4,7-8,16,18-22,26,28-29H,5-6,9-15H2,1H3,(H,32,33)/t16-,18+,20-,21-,22-/m0/s1. The van der Waals surface area contributed by atoms with E-state index in [-0.39, 0.29) is 17.9 Å². The molecule has 1 amide bonds. The molecule has 1 aliphatic heterocycles. The molecule has 1 aromatic carbocycles. The highest BCUT2D eigenvalue weighted by molar-refractivity contribution is 5.84. The van der Waals surface area contributed by atoms with Crippen LogP contribution in [0, 0.1) is 5.92 Å². The first-order valence-electron chi connectivity index (χ1n) is 12.3. The van der Waals surface area contributed by atoms with Crippen LogP contribution in [0.4, 0.5) is 4.79 Å². The molecule has 0 spiro atoms.